The molecule has 0 unspecified atom stereocenters. The summed E-state index contributed by atoms with van der Waals surface area (Å²) in [5.74, 6) is -1.03. The molecular weight excluding hydrogens is 417 g/mol. The van der Waals surface area contributed by atoms with E-state index in [1.54, 1.807) is 0 Å². The Morgan fingerprint density at radius 2 is 2.03 bits per heavy atom. The van der Waals surface area contributed by atoms with Crippen LogP contribution in [0.15, 0.2) is 12.1 Å². The Morgan fingerprint density at radius 3 is 2.55 bits per heavy atom. The molecule has 13 heteroatoms. The third kappa shape index (κ3) is 7.08. The lowest BCUT2D eigenvalue weighted by Gasteiger charge is -2.36. The summed E-state index contributed by atoms with van der Waals surface area (Å²) in [7, 11) is -3.17. The number of aryl methyl sites for hydroxylation is 1. The summed E-state index contributed by atoms with van der Waals surface area (Å²) >= 11 is 0. The molecule has 0 saturated carbocycles. The molecule has 3 atom stereocenters. The number of piperidine rings is 1. The molecule has 0 radical (unpaired) electrons. The van der Waals surface area contributed by atoms with E-state index < -0.39 is 22.2 Å². The summed E-state index contributed by atoms with van der Waals surface area (Å²) in [6, 6.07) is 3.97. The fourth-order valence-corrected chi connectivity index (χ4v) is 3.77. The van der Waals surface area contributed by atoms with E-state index in [0.717, 1.165) is 31.0 Å². The number of hydrogen-bond donors (Lipinski definition) is 2. The molecule has 0 aliphatic carbocycles. The number of rotatable bonds is 4. The number of carboxylic acids is 1. The van der Waals surface area contributed by atoms with Gasteiger partial charge in [-0.25, -0.2) is 17.9 Å². The van der Waals surface area contributed by atoms with E-state index in [1.807, 2.05) is 19.1 Å². The molecule has 3 rings (SSSR count). The summed E-state index contributed by atoms with van der Waals surface area (Å²) < 4.78 is 62.5. The van der Waals surface area contributed by atoms with E-state index in [4.69, 9.17) is 14.6 Å². The van der Waals surface area contributed by atoms with Crippen LogP contribution in [0, 0.1) is 18.8 Å². The molecule has 2 fully saturated rings. The number of halogens is 3. The van der Waals surface area contributed by atoms with E-state index in [2.05, 4.69) is 19.8 Å². The molecule has 164 valence electrons. The van der Waals surface area contributed by atoms with Crippen molar-refractivity contribution in [3.8, 4) is 0 Å². The summed E-state index contributed by atoms with van der Waals surface area (Å²) in [4.78, 5) is 11.1. The fourth-order valence-electron chi connectivity index (χ4n) is 3.30. The number of nitrogens with one attached hydrogen (secondary N) is 1. The van der Waals surface area contributed by atoms with Gasteiger partial charge in [0.1, 0.15) is 0 Å². The number of fused-ring (bicyclic) bond motifs is 1. The third-order valence-electron chi connectivity index (χ3n) is 4.69. The van der Waals surface area contributed by atoms with E-state index >= 15 is 0 Å². The van der Waals surface area contributed by atoms with Crippen molar-refractivity contribution in [2.45, 2.75) is 25.6 Å². The zero-order valence-electron chi connectivity index (χ0n) is 15.9. The van der Waals surface area contributed by atoms with Crippen LogP contribution >= 0.6 is 0 Å². The van der Waals surface area contributed by atoms with Gasteiger partial charge in [0.2, 0.25) is 10.0 Å². The second kappa shape index (κ2) is 9.22. The van der Waals surface area contributed by atoms with Crippen LogP contribution in [-0.2, 0) is 19.6 Å². The average Bonchev–Trinajstić information content (AvgIpc) is 3.02. The Morgan fingerprint density at radius 1 is 1.38 bits per heavy atom. The number of nitrogens with zero attached hydrogens (tertiary/aromatic N) is 3. The topological polar surface area (TPSA) is 122 Å². The predicted molar refractivity (Wildman–Crippen MR) is 96.9 cm³/mol. The van der Waals surface area contributed by atoms with Gasteiger partial charge in [0.15, 0.2) is 5.82 Å². The molecular formula is C16H23F3N4O5S. The van der Waals surface area contributed by atoms with Gasteiger partial charge in [0.25, 0.3) is 0 Å². The van der Waals surface area contributed by atoms with Crippen molar-refractivity contribution in [3.63, 3.8) is 0 Å². The zero-order chi connectivity index (χ0) is 21.8. The van der Waals surface area contributed by atoms with Crippen LogP contribution in [0.5, 0.6) is 0 Å². The first-order valence-electron chi connectivity index (χ1n) is 8.78. The van der Waals surface area contributed by atoms with Crippen molar-refractivity contribution in [2.24, 2.45) is 11.8 Å². The minimum atomic E-state index is -5.08. The Kier molecular flexibility index (Phi) is 7.40. The maximum absolute atomic E-state index is 11.2. The third-order valence-corrected chi connectivity index (χ3v) is 5.38. The van der Waals surface area contributed by atoms with Crippen LogP contribution < -0.4 is 9.62 Å². The molecule has 1 aromatic heterocycles. The monoisotopic (exact) mass is 440 g/mol. The molecule has 9 nitrogen and oxygen atoms in total. The highest BCUT2D eigenvalue weighted by atomic mass is 32.2. The number of anilines is 1. The first kappa shape index (κ1) is 23.3. The van der Waals surface area contributed by atoms with Gasteiger partial charge in [0.05, 0.1) is 24.7 Å². The number of sulfonamides is 1. The van der Waals surface area contributed by atoms with Gasteiger partial charge in [-0.3, -0.25) is 0 Å². The first-order chi connectivity index (χ1) is 13.4. The normalized spacial score (nSPS) is 24.4. The minimum Gasteiger partial charge on any atom is -0.475 e. The van der Waals surface area contributed by atoms with Crippen molar-refractivity contribution < 1.29 is 36.2 Å². The highest BCUT2D eigenvalue weighted by Crippen LogP contribution is 2.35. The molecule has 2 saturated heterocycles. The standard InChI is InChI=1S/C14H22N4O3S.C2HF3O2/c1-10-3-4-14(17-16-10)18-6-5-12-11(8-18)9-21-13(12)7-15-22(2,19)20;3-2(4,5)1(6)7/h3-4,11-13,15H,5-9H2,1-2H3;(H,6,7)/t11-,12-,13-;/m1./s1. The number of hydrogen-bond acceptors (Lipinski definition) is 7. The van der Waals surface area contributed by atoms with Gasteiger partial charge >= 0.3 is 12.1 Å². The second-order valence-electron chi connectivity index (χ2n) is 6.99. The number of aliphatic carboxylic acids is 1. The highest BCUT2D eigenvalue weighted by Gasteiger charge is 2.41. The molecule has 0 spiro atoms. The van der Waals surface area contributed by atoms with Crippen molar-refractivity contribution in [1.29, 1.82) is 0 Å². The van der Waals surface area contributed by atoms with Crippen LogP contribution in [-0.4, -0.2) is 74.5 Å². The molecule has 2 N–H and O–H groups in total. The Bertz CT molecular complexity index is 804. The summed E-state index contributed by atoms with van der Waals surface area (Å²) in [6.45, 7) is 4.75. The average molecular weight is 440 g/mol. The van der Waals surface area contributed by atoms with Gasteiger partial charge in [-0.1, -0.05) is 0 Å². The van der Waals surface area contributed by atoms with Crippen molar-refractivity contribution in [1.82, 2.24) is 14.9 Å². The molecule has 0 bridgehead atoms. The molecule has 1 aromatic rings. The van der Waals surface area contributed by atoms with Crippen LogP contribution in [0.4, 0.5) is 19.0 Å². The van der Waals surface area contributed by atoms with Crippen LogP contribution in [0.3, 0.4) is 0 Å². The fraction of sp³-hybridized carbons (Fsp3) is 0.688. The quantitative estimate of drug-likeness (QED) is 0.706. The van der Waals surface area contributed by atoms with E-state index in [-0.39, 0.29) is 6.10 Å². The predicted octanol–water partition coefficient (Wildman–Crippen LogP) is 0.809. The Hall–Kier alpha value is -1.99. The lowest BCUT2D eigenvalue weighted by Crippen LogP contribution is -2.44. The number of aromatic nitrogens is 2. The van der Waals surface area contributed by atoms with Gasteiger partial charge in [0, 0.05) is 25.6 Å². The van der Waals surface area contributed by atoms with Gasteiger partial charge in [-0.05, 0) is 31.4 Å². The van der Waals surface area contributed by atoms with Gasteiger partial charge < -0.3 is 14.7 Å². The summed E-state index contributed by atoms with van der Waals surface area (Å²) in [5.41, 5.74) is 0.912. The Labute approximate surface area is 166 Å². The number of carbonyl (C=O) groups is 1. The number of carboxylic acid groups (broad SMARTS) is 1. The van der Waals surface area contributed by atoms with Gasteiger partial charge in [-0.2, -0.15) is 18.3 Å². The Balaban J connectivity index is 0.000000370. The van der Waals surface area contributed by atoms with E-state index in [1.165, 1.54) is 6.26 Å². The number of alkyl halides is 3. The molecule has 29 heavy (non-hydrogen) atoms. The minimum absolute atomic E-state index is 0.0222. The SMILES string of the molecule is Cc1ccc(N2CC[C@@H]3[C@@H](CO[C@@H]3CNS(C)(=O)=O)C2)nn1.O=C(O)C(F)(F)F. The summed E-state index contributed by atoms with van der Waals surface area (Å²) in [5, 5.41) is 15.5. The van der Waals surface area contributed by atoms with Crippen LogP contribution in [0.25, 0.3) is 0 Å². The molecule has 2 aliphatic heterocycles. The molecule has 2 aliphatic rings. The van der Waals surface area contributed by atoms with E-state index in [0.29, 0.717) is 25.0 Å². The molecule has 3 heterocycles. The van der Waals surface area contributed by atoms with E-state index in [9.17, 15) is 21.6 Å². The highest BCUT2D eigenvalue weighted by molar-refractivity contribution is 7.88. The van der Waals surface area contributed by atoms with Crippen LogP contribution in [0.1, 0.15) is 12.1 Å². The maximum Gasteiger partial charge on any atom is 0.490 e. The lowest BCUT2D eigenvalue weighted by atomic mass is 9.84. The number of ether oxygens (including phenoxy) is 1. The molecule has 0 amide bonds. The van der Waals surface area contributed by atoms with Crippen molar-refractivity contribution >= 4 is 21.8 Å². The van der Waals surface area contributed by atoms with Crippen molar-refractivity contribution in [3.05, 3.63) is 17.8 Å². The smallest absolute Gasteiger partial charge is 0.475 e. The molecule has 0 aromatic carbocycles. The first-order valence-corrected chi connectivity index (χ1v) is 10.7. The second-order valence-corrected chi connectivity index (χ2v) is 8.82. The largest absolute Gasteiger partial charge is 0.490 e. The lowest BCUT2D eigenvalue weighted by molar-refractivity contribution is -0.192. The maximum atomic E-state index is 11.2. The summed E-state index contributed by atoms with van der Waals surface area (Å²) in [6.07, 6.45) is -2.94. The van der Waals surface area contributed by atoms with Crippen molar-refractivity contribution in [2.75, 3.05) is 37.4 Å². The van der Waals surface area contributed by atoms with Crippen LogP contribution in [0.2, 0.25) is 0 Å². The zero-order valence-corrected chi connectivity index (χ0v) is 16.7. The van der Waals surface area contributed by atoms with Gasteiger partial charge in [-0.15, -0.1) is 5.10 Å².